The number of allylic oxidation sites excluding steroid dienone is 4. The van der Waals surface area contributed by atoms with Gasteiger partial charge in [-0.1, -0.05) is 12.2 Å². The van der Waals surface area contributed by atoms with E-state index in [1.165, 1.54) is 0 Å². The molecule has 2 aliphatic heterocycles. The Morgan fingerprint density at radius 1 is 1.33 bits per heavy atom. The van der Waals surface area contributed by atoms with Gasteiger partial charge in [-0.25, -0.2) is 0 Å². The zero-order valence-electron chi connectivity index (χ0n) is 6.43. The smallest absolute Gasteiger partial charge is 0.339 e. The van der Waals surface area contributed by atoms with E-state index in [1.54, 1.807) is 0 Å². The highest BCUT2D eigenvalue weighted by molar-refractivity contribution is 7.70. The van der Waals surface area contributed by atoms with Crippen LogP contribution < -0.4 is 0 Å². The van der Waals surface area contributed by atoms with Crippen molar-refractivity contribution in [3.63, 3.8) is 0 Å². The molecular weight excluding hydrogens is 170 g/mol. The van der Waals surface area contributed by atoms with Gasteiger partial charge >= 0.3 is 16.6 Å². The Morgan fingerprint density at radius 3 is 3.08 bits per heavy atom. The van der Waals surface area contributed by atoms with Crippen LogP contribution in [0.3, 0.4) is 0 Å². The first-order valence-corrected chi connectivity index (χ1v) is 4.48. The van der Waals surface area contributed by atoms with Gasteiger partial charge in [-0.2, -0.15) is 0 Å². The Bertz CT molecular complexity index is 325. The summed E-state index contributed by atoms with van der Waals surface area (Å²) in [4.78, 5) is 2.85. The molecule has 0 aromatic heterocycles. The summed E-state index contributed by atoms with van der Waals surface area (Å²) in [7, 11) is 0. The molecule has 0 fully saturated rings. The molecule has 0 saturated heterocycles. The van der Waals surface area contributed by atoms with E-state index in [2.05, 4.69) is 4.90 Å². The minimum atomic E-state index is 0.547. The fraction of sp³-hybridized carbons (Fsp3) is 0.111. The van der Waals surface area contributed by atoms with Gasteiger partial charge in [0.2, 0.25) is 0 Å². The van der Waals surface area contributed by atoms with Crippen LogP contribution in [0.15, 0.2) is 47.2 Å². The Balaban J connectivity index is 2.46. The fourth-order valence-electron chi connectivity index (χ4n) is 1.29. The number of rotatable bonds is 1. The van der Waals surface area contributed by atoms with Crippen molar-refractivity contribution in [3.05, 3.63) is 47.2 Å². The lowest BCUT2D eigenvalue weighted by Crippen LogP contribution is -2.21. The summed E-state index contributed by atoms with van der Waals surface area (Å²) in [6.45, 7) is 0.861. The van der Waals surface area contributed by atoms with Crippen molar-refractivity contribution in [1.82, 2.24) is 4.90 Å². The predicted molar refractivity (Wildman–Crippen MR) is 49.2 cm³/mol. The van der Waals surface area contributed by atoms with Gasteiger partial charge in [0.05, 0.1) is 0 Å². The topological polar surface area (TPSA) is 20.3 Å². The summed E-state index contributed by atoms with van der Waals surface area (Å²) in [5, 5.41) is 0. The molecule has 0 aromatic rings. The Kier molecular flexibility index (Phi) is 1.87. The second kappa shape index (κ2) is 3.03. The van der Waals surface area contributed by atoms with Crippen molar-refractivity contribution in [2.75, 3.05) is 6.54 Å². The molecule has 0 amide bonds. The van der Waals surface area contributed by atoms with Crippen LogP contribution in [0.25, 0.3) is 0 Å². The molecule has 0 N–H and O–H groups in total. The van der Waals surface area contributed by atoms with Crippen LogP contribution >= 0.6 is 0 Å². The molecular formula is C9H8NOS+. The van der Waals surface area contributed by atoms with Crippen LogP contribution in [0.2, 0.25) is 0 Å². The molecule has 60 valence electrons. The van der Waals surface area contributed by atoms with Crippen LogP contribution in [0.5, 0.6) is 0 Å². The maximum atomic E-state index is 10.7. The van der Waals surface area contributed by atoms with E-state index in [1.807, 2.05) is 36.6 Å². The highest BCUT2D eigenvalue weighted by Gasteiger charge is 2.22. The zero-order valence-corrected chi connectivity index (χ0v) is 7.25. The highest BCUT2D eigenvalue weighted by atomic mass is 32.1. The van der Waals surface area contributed by atoms with Crippen molar-refractivity contribution < 1.29 is 4.21 Å². The van der Waals surface area contributed by atoms with Crippen molar-refractivity contribution in [2.45, 2.75) is 0 Å². The van der Waals surface area contributed by atoms with E-state index in [0.717, 1.165) is 17.1 Å². The van der Waals surface area contributed by atoms with Crippen LogP contribution in [0, 0.1) is 0 Å². The number of fused-ring (bicyclic) bond motifs is 1. The van der Waals surface area contributed by atoms with Gasteiger partial charge in [0.25, 0.3) is 0 Å². The minimum Gasteiger partial charge on any atom is -0.339 e. The molecule has 2 aliphatic rings. The lowest BCUT2D eigenvalue weighted by atomic mass is 10.2. The molecule has 2 nitrogen and oxygen atoms in total. The van der Waals surface area contributed by atoms with E-state index < -0.39 is 0 Å². The summed E-state index contributed by atoms with van der Waals surface area (Å²) in [6, 6.07) is 0. The average Bonchev–Trinajstić information content (AvgIpc) is 2.17. The molecule has 0 unspecified atom stereocenters. The molecule has 0 aromatic carbocycles. The van der Waals surface area contributed by atoms with E-state index in [9.17, 15) is 4.21 Å². The molecule has 3 heteroatoms. The first-order chi connectivity index (χ1) is 5.92. The predicted octanol–water partition coefficient (Wildman–Crippen LogP) is 1.58. The maximum Gasteiger partial charge on any atom is 0.507 e. The van der Waals surface area contributed by atoms with Crippen LogP contribution in [0.1, 0.15) is 0 Å². The molecule has 0 saturated carbocycles. The zero-order chi connectivity index (χ0) is 8.39. The van der Waals surface area contributed by atoms with Gasteiger partial charge in [-0.15, -0.1) is 0 Å². The highest BCUT2D eigenvalue weighted by Crippen LogP contribution is 2.20. The van der Waals surface area contributed by atoms with Gasteiger partial charge in [0.15, 0.2) is 0 Å². The molecule has 2 rings (SSSR count). The largest absolute Gasteiger partial charge is 0.507 e. The maximum absolute atomic E-state index is 10.7. The number of nitrogens with zero attached hydrogens (tertiary/aromatic N) is 1. The second-order valence-corrected chi connectivity index (χ2v) is 3.19. The molecule has 0 atom stereocenters. The van der Waals surface area contributed by atoms with Gasteiger partial charge < -0.3 is 4.90 Å². The van der Waals surface area contributed by atoms with Gasteiger partial charge in [0, 0.05) is 23.0 Å². The quantitative estimate of drug-likeness (QED) is 0.568. The van der Waals surface area contributed by atoms with Crippen LogP contribution in [0.4, 0.5) is 0 Å². The third kappa shape index (κ3) is 1.12. The first kappa shape index (κ1) is 7.43. The van der Waals surface area contributed by atoms with Crippen molar-refractivity contribution in [3.8, 4) is 0 Å². The van der Waals surface area contributed by atoms with E-state index in [0.29, 0.717) is 11.7 Å². The van der Waals surface area contributed by atoms with Crippen LogP contribution in [-0.4, -0.2) is 11.4 Å². The molecule has 0 spiro atoms. The van der Waals surface area contributed by atoms with E-state index in [-0.39, 0.29) is 0 Å². The summed E-state index contributed by atoms with van der Waals surface area (Å²) in [6.07, 6.45) is 11.7. The lowest BCUT2D eigenvalue weighted by Gasteiger charge is -2.22. The standard InChI is InChI=1S/C9H8NOS/c11-12-9-5-3-7-10-6-2-1-4-8(9)10/h1-6H,7H2/q+1. The van der Waals surface area contributed by atoms with Crippen molar-refractivity contribution in [2.24, 2.45) is 0 Å². The summed E-state index contributed by atoms with van der Waals surface area (Å²) >= 11 is 0.547. The van der Waals surface area contributed by atoms with Gasteiger partial charge in [-0.3, -0.25) is 0 Å². The molecule has 12 heavy (non-hydrogen) atoms. The SMILES string of the molecule is O=[S+]C1=C2C=CC=CN2CC=C1. The lowest BCUT2D eigenvalue weighted by molar-refractivity contribution is 0.521. The average molecular weight is 178 g/mol. The van der Waals surface area contributed by atoms with E-state index >= 15 is 0 Å². The number of hydrogen-bond donors (Lipinski definition) is 0. The fourth-order valence-corrected chi connectivity index (χ4v) is 1.71. The third-order valence-electron chi connectivity index (χ3n) is 1.85. The van der Waals surface area contributed by atoms with Crippen molar-refractivity contribution in [1.29, 1.82) is 0 Å². The monoisotopic (exact) mass is 178 g/mol. The van der Waals surface area contributed by atoms with Crippen LogP contribution in [-0.2, 0) is 15.9 Å². The third-order valence-corrected chi connectivity index (χ3v) is 2.38. The van der Waals surface area contributed by atoms with Gasteiger partial charge in [0.1, 0.15) is 5.70 Å². The second-order valence-electron chi connectivity index (χ2n) is 2.59. The van der Waals surface area contributed by atoms with Crippen molar-refractivity contribution >= 4 is 11.7 Å². The molecule has 0 aliphatic carbocycles. The summed E-state index contributed by atoms with van der Waals surface area (Å²) in [5.41, 5.74) is 1.01. The first-order valence-electron chi connectivity index (χ1n) is 3.74. The normalized spacial score (nSPS) is 19.8. The Hall–Kier alpha value is -1.22. The molecule has 0 radical (unpaired) electrons. The minimum absolute atomic E-state index is 0.547. The number of hydrogen-bond acceptors (Lipinski definition) is 2. The Morgan fingerprint density at radius 2 is 2.25 bits per heavy atom. The summed E-state index contributed by atoms with van der Waals surface area (Å²) < 4.78 is 10.7. The van der Waals surface area contributed by atoms with E-state index in [4.69, 9.17) is 0 Å². The summed E-state index contributed by atoms with van der Waals surface area (Å²) in [5.74, 6) is 0. The molecule has 2 heterocycles. The Labute approximate surface area is 75.1 Å². The molecule has 0 bridgehead atoms. The van der Waals surface area contributed by atoms with Gasteiger partial charge in [-0.05, 0) is 12.2 Å².